The van der Waals surface area contributed by atoms with Gasteiger partial charge < -0.3 is 14.6 Å². The number of carbonyl (C=O) groups excluding carboxylic acids is 3. The van der Waals surface area contributed by atoms with E-state index in [-0.39, 0.29) is 11.3 Å². The highest BCUT2D eigenvalue weighted by Crippen LogP contribution is 2.27. The van der Waals surface area contributed by atoms with Crippen LogP contribution in [0.2, 0.25) is 0 Å². The van der Waals surface area contributed by atoms with Crippen molar-refractivity contribution in [3.8, 4) is 17.2 Å². The molecular weight excluding hydrogens is 662 g/mol. The van der Waals surface area contributed by atoms with E-state index in [1.807, 2.05) is 0 Å². The molecule has 0 aliphatic heterocycles. The van der Waals surface area contributed by atoms with E-state index in [0.29, 0.717) is 37.9 Å². The largest absolute Gasteiger partial charge is 0.508 e. The van der Waals surface area contributed by atoms with Crippen molar-refractivity contribution < 1.29 is 37.7 Å². The summed E-state index contributed by atoms with van der Waals surface area (Å²) >= 11 is 9.44. The summed E-state index contributed by atoms with van der Waals surface area (Å²) in [4.78, 5) is 31.4. The van der Waals surface area contributed by atoms with E-state index in [1.165, 1.54) is 25.1 Å². The number of halogens is 5. The number of rotatable bonds is 5. The highest BCUT2D eigenvalue weighted by atomic mass is 79.9. The number of alkyl halides is 2. The number of phenols is 1. The minimum Gasteiger partial charge on any atom is -0.508 e. The van der Waals surface area contributed by atoms with Gasteiger partial charge >= 0.3 is 5.97 Å². The van der Waals surface area contributed by atoms with Crippen molar-refractivity contribution in [3.63, 3.8) is 0 Å². The van der Waals surface area contributed by atoms with Crippen molar-refractivity contribution in [2.45, 2.75) is 13.3 Å². The summed E-state index contributed by atoms with van der Waals surface area (Å²) in [5.41, 5.74) is 0.888. The number of methoxy groups -OCH3 is 1. The van der Waals surface area contributed by atoms with Gasteiger partial charge in [0.05, 0.1) is 7.11 Å². The lowest BCUT2D eigenvalue weighted by Gasteiger charge is -2.02. The van der Waals surface area contributed by atoms with Gasteiger partial charge in [0.1, 0.15) is 29.8 Å². The van der Waals surface area contributed by atoms with Crippen LogP contribution < -0.4 is 9.47 Å². The molecule has 11 heteroatoms. The third-order valence-corrected chi connectivity index (χ3v) is 5.09. The van der Waals surface area contributed by atoms with Crippen molar-refractivity contribution >= 4 is 66.3 Å². The highest BCUT2D eigenvalue weighted by Gasteiger charge is 2.08. The van der Waals surface area contributed by atoms with E-state index in [0.717, 1.165) is 16.8 Å². The Bertz CT molecular complexity index is 1150. The molecule has 6 nitrogen and oxygen atoms in total. The first kappa shape index (κ1) is 30.4. The molecule has 0 heterocycles. The number of carbonyl (C=O) groups is 3. The Morgan fingerprint density at radius 1 is 0.829 bits per heavy atom. The number of benzene rings is 3. The first-order chi connectivity index (χ1) is 16.5. The van der Waals surface area contributed by atoms with Crippen LogP contribution >= 0.6 is 47.8 Å². The number of hydrogen-bond acceptors (Lipinski definition) is 6. The van der Waals surface area contributed by atoms with Crippen LogP contribution in [0, 0.1) is 0 Å². The number of aromatic hydroxyl groups is 1. The van der Waals surface area contributed by atoms with Gasteiger partial charge in [-0.25, -0.2) is 8.78 Å². The van der Waals surface area contributed by atoms with Crippen LogP contribution in [0.15, 0.2) is 68.0 Å². The van der Waals surface area contributed by atoms with Gasteiger partial charge in [-0.2, -0.15) is 0 Å². The smallest absolute Gasteiger partial charge is 0.308 e. The van der Waals surface area contributed by atoms with Crippen LogP contribution in [0.1, 0.15) is 39.6 Å². The van der Waals surface area contributed by atoms with Crippen LogP contribution in [-0.2, 0) is 4.79 Å². The van der Waals surface area contributed by atoms with Crippen molar-refractivity contribution in [1.82, 2.24) is 0 Å². The summed E-state index contributed by atoms with van der Waals surface area (Å²) in [5, 5.41) is 8.88. The number of ether oxygens (including phenoxy) is 2. The van der Waals surface area contributed by atoms with Gasteiger partial charge in [-0.3, -0.25) is 14.4 Å². The van der Waals surface area contributed by atoms with Gasteiger partial charge in [0.25, 0.3) is 6.43 Å². The summed E-state index contributed by atoms with van der Waals surface area (Å²) in [7, 11) is 1.57. The highest BCUT2D eigenvalue weighted by molar-refractivity contribution is 9.11. The normalized spacial score (nSPS) is 9.71. The summed E-state index contributed by atoms with van der Waals surface area (Å²) in [6.07, 6.45) is -1.07. The maximum absolute atomic E-state index is 12.0. The first-order valence-corrected chi connectivity index (χ1v) is 11.9. The molecule has 0 saturated carbocycles. The minimum absolute atomic E-state index is 0.158. The van der Waals surface area contributed by atoms with Crippen LogP contribution in [0.3, 0.4) is 0 Å². The van der Waals surface area contributed by atoms with Crippen molar-refractivity contribution in [1.29, 1.82) is 0 Å². The monoisotopic (exact) mass is 678 g/mol. The van der Waals surface area contributed by atoms with E-state index in [2.05, 4.69) is 47.8 Å². The molecule has 0 aliphatic carbocycles. The summed E-state index contributed by atoms with van der Waals surface area (Å²) in [6, 6.07) is 13.6. The molecule has 35 heavy (non-hydrogen) atoms. The van der Waals surface area contributed by atoms with E-state index < -0.39 is 12.4 Å². The molecule has 3 aromatic carbocycles. The molecular formula is C24H19Br3F2O6. The van der Waals surface area contributed by atoms with Gasteiger partial charge in [0.2, 0.25) is 0 Å². The Labute approximate surface area is 225 Å². The minimum atomic E-state index is -2.54. The second-order valence-corrected chi connectivity index (χ2v) is 9.26. The summed E-state index contributed by atoms with van der Waals surface area (Å²) in [6.45, 7) is 1.31. The fraction of sp³-hybridized carbons (Fsp3) is 0.125. The molecule has 0 aromatic heterocycles. The van der Waals surface area contributed by atoms with Gasteiger partial charge in [0.15, 0.2) is 0 Å². The molecule has 0 bridgehead atoms. The van der Waals surface area contributed by atoms with Crippen molar-refractivity contribution in [2.75, 3.05) is 7.11 Å². The van der Waals surface area contributed by atoms with Gasteiger partial charge in [-0.15, -0.1) is 0 Å². The van der Waals surface area contributed by atoms with Gasteiger partial charge in [0, 0.05) is 37.0 Å². The zero-order valence-corrected chi connectivity index (χ0v) is 23.1. The van der Waals surface area contributed by atoms with Crippen LogP contribution in [0.4, 0.5) is 8.78 Å². The maximum Gasteiger partial charge on any atom is 0.308 e. The number of aldehydes is 2. The molecule has 0 saturated heterocycles. The van der Waals surface area contributed by atoms with Crippen molar-refractivity contribution in [3.05, 3.63) is 84.7 Å². The van der Waals surface area contributed by atoms with E-state index in [1.54, 1.807) is 37.4 Å². The lowest BCUT2D eigenvalue weighted by atomic mass is 10.2. The van der Waals surface area contributed by atoms with E-state index in [9.17, 15) is 23.2 Å². The Morgan fingerprint density at radius 3 is 1.74 bits per heavy atom. The molecule has 3 aromatic rings. The Morgan fingerprint density at radius 2 is 1.31 bits per heavy atom. The average Bonchev–Trinajstić information content (AvgIpc) is 2.77. The fourth-order valence-corrected chi connectivity index (χ4v) is 3.85. The van der Waals surface area contributed by atoms with Crippen LogP contribution in [0.5, 0.6) is 17.2 Å². The molecule has 0 radical (unpaired) electrons. The topological polar surface area (TPSA) is 89.9 Å². The number of phenolic OH excluding ortho intramolecular Hbond substituents is 1. The molecule has 0 aliphatic rings. The zero-order valence-electron chi connectivity index (χ0n) is 18.3. The Balaban J connectivity index is 0.000000264. The second-order valence-electron chi connectivity index (χ2n) is 6.52. The van der Waals surface area contributed by atoms with Gasteiger partial charge in [-0.1, -0.05) is 47.8 Å². The third-order valence-electron chi connectivity index (χ3n) is 3.71. The standard InChI is InChI=1S/C9H7BrO3.C8H7BrO2.C7H5BrF2O/c1-6(12)13-9-3-7(5-11)2-8(10)4-9;1-11-8-3-6(5-10)2-7(9)4-8;8-5-1-4(7(9)10)2-6(11)3-5/h2-5H,1H3;2-5H,1H3;1-3,7,11H. The molecule has 0 fully saturated rings. The van der Waals surface area contributed by atoms with E-state index in [4.69, 9.17) is 14.6 Å². The molecule has 0 unspecified atom stereocenters. The summed E-state index contributed by atoms with van der Waals surface area (Å²) < 4.78 is 35.7. The predicted molar refractivity (Wildman–Crippen MR) is 138 cm³/mol. The Kier molecular flexibility index (Phi) is 13.4. The zero-order chi connectivity index (χ0) is 26.5. The number of hydrogen-bond donors (Lipinski definition) is 1. The quantitative estimate of drug-likeness (QED) is 0.170. The lowest BCUT2D eigenvalue weighted by Crippen LogP contribution is -2.01. The van der Waals surface area contributed by atoms with E-state index >= 15 is 0 Å². The SMILES string of the molecule is CC(=O)Oc1cc(Br)cc(C=O)c1.COc1cc(Br)cc(C=O)c1.Oc1cc(Br)cc(C(F)F)c1. The van der Waals surface area contributed by atoms with Crippen molar-refractivity contribution in [2.24, 2.45) is 0 Å². The molecule has 3 rings (SSSR count). The lowest BCUT2D eigenvalue weighted by molar-refractivity contribution is -0.131. The third kappa shape index (κ3) is 12.1. The molecule has 0 spiro atoms. The average molecular weight is 681 g/mol. The molecule has 0 atom stereocenters. The molecule has 186 valence electrons. The predicted octanol–water partition coefficient (Wildman–Crippen LogP) is 7.55. The van der Waals surface area contributed by atoms with Gasteiger partial charge in [-0.05, 0) is 54.6 Å². The van der Waals surface area contributed by atoms with Crippen LogP contribution in [-0.4, -0.2) is 30.8 Å². The Hall–Kier alpha value is -2.63. The molecule has 0 amide bonds. The van der Waals surface area contributed by atoms with Crippen LogP contribution in [0.25, 0.3) is 0 Å². The molecule has 1 N–H and O–H groups in total. The fourth-order valence-electron chi connectivity index (χ4n) is 2.37. The number of esters is 1. The maximum atomic E-state index is 12.0. The first-order valence-electron chi connectivity index (χ1n) is 9.49. The second kappa shape index (κ2) is 15.4. The summed E-state index contributed by atoms with van der Waals surface area (Å²) in [5.74, 6) is 0.482.